The van der Waals surface area contributed by atoms with Crippen LogP contribution >= 0.6 is 0 Å². The molecule has 4 heterocycles. The van der Waals surface area contributed by atoms with E-state index >= 15 is 0 Å². The maximum Gasteiger partial charge on any atom is 0.0620 e. The van der Waals surface area contributed by atoms with Gasteiger partial charge in [-0.2, -0.15) is 0 Å². The molecule has 0 radical (unpaired) electrons. The highest BCUT2D eigenvalue weighted by molar-refractivity contribution is 6.29. The monoisotopic (exact) mass is 647 g/mol. The minimum absolute atomic E-state index is 1.16. The first kappa shape index (κ1) is 27.0. The van der Waals surface area contributed by atoms with Gasteiger partial charge in [-0.3, -0.25) is 0 Å². The van der Waals surface area contributed by atoms with E-state index in [0.717, 1.165) is 5.69 Å². The fourth-order valence-corrected chi connectivity index (χ4v) is 9.07. The van der Waals surface area contributed by atoms with Crippen molar-refractivity contribution < 1.29 is 0 Å². The molecule has 0 atom stereocenters. The minimum Gasteiger partial charge on any atom is -0.309 e. The molecule has 0 spiro atoms. The van der Waals surface area contributed by atoms with Gasteiger partial charge >= 0.3 is 0 Å². The van der Waals surface area contributed by atoms with Crippen molar-refractivity contribution in [1.29, 1.82) is 0 Å². The van der Waals surface area contributed by atoms with E-state index in [9.17, 15) is 0 Å². The average Bonchev–Trinajstić information content (AvgIpc) is 3.92. The van der Waals surface area contributed by atoms with E-state index in [0.29, 0.717) is 0 Å². The maximum absolute atomic E-state index is 2.49. The molecule has 0 N–H and O–H groups in total. The zero-order valence-electron chi connectivity index (χ0n) is 27.6. The number of hydrogen-bond donors (Lipinski definition) is 0. The summed E-state index contributed by atoms with van der Waals surface area (Å²) in [4.78, 5) is 0. The molecular weight excluding hydrogens is 619 g/mol. The lowest BCUT2D eigenvalue weighted by molar-refractivity contribution is 1.17. The van der Waals surface area contributed by atoms with Gasteiger partial charge in [-0.1, -0.05) is 115 Å². The van der Waals surface area contributed by atoms with Crippen molar-refractivity contribution >= 4 is 81.7 Å². The van der Waals surface area contributed by atoms with Crippen molar-refractivity contribution in [2.45, 2.75) is 0 Å². The average molecular weight is 648 g/mol. The van der Waals surface area contributed by atoms with E-state index in [-0.39, 0.29) is 0 Å². The second kappa shape index (κ2) is 9.87. The molecule has 0 aliphatic carbocycles. The van der Waals surface area contributed by atoms with Gasteiger partial charge in [-0.15, -0.1) is 0 Å². The second-order valence-electron chi connectivity index (χ2n) is 13.7. The van der Waals surface area contributed by atoms with E-state index in [1.807, 2.05) is 0 Å². The molecule has 3 nitrogen and oxygen atoms in total. The molecule has 0 saturated carbocycles. The van der Waals surface area contributed by atoms with Gasteiger partial charge in [0.25, 0.3) is 0 Å². The lowest BCUT2D eigenvalue weighted by atomic mass is 10.0. The Hall–Kier alpha value is -6.84. The Bertz CT molecular complexity index is 3340. The molecule has 236 valence electrons. The summed E-state index contributed by atoms with van der Waals surface area (Å²) >= 11 is 0. The van der Waals surface area contributed by atoms with Crippen LogP contribution in [-0.4, -0.2) is 13.5 Å². The molecule has 12 aromatic rings. The standard InChI is InChI=1S/C48H29N3/c1-3-12-30(13-4-1)31-22-25-42-39(28-31)47-44(27-26-43-46(47)38-17-8-10-21-41(38)49(43)32-14-5-2-6-15-32)50(42)33-23-24-35-37-19-11-18-36-34-16-7-9-20-40(34)51(48(36)37)45(35)29-33/h1-29H. The van der Waals surface area contributed by atoms with E-state index in [4.69, 9.17) is 0 Å². The van der Waals surface area contributed by atoms with Gasteiger partial charge in [-0.05, 0) is 71.8 Å². The SMILES string of the molecule is c1ccc(-c2ccc3c(c2)c2c4c5ccccc5n(-c5ccccc5)c4ccc2n3-c2ccc3c4cccc5c6ccccc6n(c3c2)c54)cc1. The summed E-state index contributed by atoms with van der Waals surface area (Å²) in [7, 11) is 0. The van der Waals surface area contributed by atoms with Crippen molar-refractivity contribution in [2.75, 3.05) is 0 Å². The number of rotatable bonds is 3. The van der Waals surface area contributed by atoms with Crippen molar-refractivity contribution in [3.63, 3.8) is 0 Å². The highest BCUT2D eigenvalue weighted by atomic mass is 15.0. The van der Waals surface area contributed by atoms with Crippen LogP contribution in [0.15, 0.2) is 176 Å². The van der Waals surface area contributed by atoms with Gasteiger partial charge in [-0.25, -0.2) is 0 Å². The summed E-state index contributed by atoms with van der Waals surface area (Å²) in [5.74, 6) is 0. The quantitative estimate of drug-likeness (QED) is 0.181. The van der Waals surface area contributed by atoms with Crippen LogP contribution in [0.2, 0.25) is 0 Å². The molecule has 0 fully saturated rings. The van der Waals surface area contributed by atoms with Crippen LogP contribution in [0.4, 0.5) is 0 Å². The number of aromatic nitrogens is 3. The van der Waals surface area contributed by atoms with Gasteiger partial charge in [0.15, 0.2) is 0 Å². The molecule has 4 aromatic heterocycles. The highest BCUT2D eigenvalue weighted by Gasteiger charge is 2.22. The van der Waals surface area contributed by atoms with E-state index < -0.39 is 0 Å². The molecule has 0 aliphatic heterocycles. The molecule has 0 bridgehead atoms. The largest absolute Gasteiger partial charge is 0.309 e. The molecule has 12 rings (SSSR count). The lowest BCUT2D eigenvalue weighted by Gasteiger charge is -2.10. The molecule has 51 heavy (non-hydrogen) atoms. The topological polar surface area (TPSA) is 14.3 Å². The number of nitrogens with zero attached hydrogens (tertiary/aromatic N) is 3. The number of para-hydroxylation sites is 4. The molecule has 0 amide bonds. The summed E-state index contributed by atoms with van der Waals surface area (Å²) in [6.45, 7) is 0. The number of hydrogen-bond acceptors (Lipinski definition) is 0. The smallest absolute Gasteiger partial charge is 0.0620 e. The summed E-state index contributed by atoms with van der Waals surface area (Å²) in [6, 6.07) is 64.6. The van der Waals surface area contributed by atoms with Gasteiger partial charge < -0.3 is 13.5 Å². The van der Waals surface area contributed by atoms with Crippen molar-refractivity contribution in [1.82, 2.24) is 13.5 Å². The van der Waals surface area contributed by atoms with Crippen LogP contribution < -0.4 is 0 Å². The van der Waals surface area contributed by atoms with Crippen LogP contribution in [-0.2, 0) is 0 Å². The summed E-state index contributed by atoms with van der Waals surface area (Å²) in [5, 5.41) is 10.3. The van der Waals surface area contributed by atoms with Crippen LogP contribution in [0, 0.1) is 0 Å². The van der Waals surface area contributed by atoms with Gasteiger partial charge in [0.2, 0.25) is 0 Å². The Morgan fingerprint density at radius 1 is 0.275 bits per heavy atom. The number of fused-ring (bicyclic) bond motifs is 13. The summed E-state index contributed by atoms with van der Waals surface area (Å²) < 4.78 is 7.38. The fourth-order valence-electron chi connectivity index (χ4n) is 9.07. The fraction of sp³-hybridized carbons (Fsp3) is 0. The van der Waals surface area contributed by atoms with Gasteiger partial charge in [0.05, 0.1) is 38.6 Å². The zero-order valence-corrected chi connectivity index (χ0v) is 27.6. The summed E-state index contributed by atoms with van der Waals surface area (Å²) in [6.07, 6.45) is 0. The maximum atomic E-state index is 2.49. The molecule has 0 saturated heterocycles. The predicted molar refractivity (Wildman–Crippen MR) is 215 cm³/mol. The van der Waals surface area contributed by atoms with Crippen LogP contribution in [0.5, 0.6) is 0 Å². The van der Waals surface area contributed by atoms with Crippen LogP contribution in [0.1, 0.15) is 0 Å². The Balaban J connectivity index is 1.24. The van der Waals surface area contributed by atoms with E-state index in [2.05, 4.69) is 189 Å². The van der Waals surface area contributed by atoms with Crippen LogP contribution in [0.25, 0.3) is 104 Å². The Labute approximate surface area is 292 Å². The first-order chi connectivity index (χ1) is 25.3. The molecule has 0 aliphatic rings. The first-order valence-electron chi connectivity index (χ1n) is 17.6. The van der Waals surface area contributed by atoms with Gasteiger partial charge in [0, 0.05) is 54.5 Å². The zero-order chi connectivity index (χ0) is 33.2. The lowest BCUT2D eigenvalue weighted by Crippen LogP contribution is -1.95. The van der Waals surface area contributed by atoms with E-state index in [1.54, 1.807) is 0 Å². The Kier molecular flexibility index (Phi) is 5.23. The Morgan fingerprint density at radius 3 is 1.63 bits per heavy atom. The predicted octanol–water partition coefficient (Wildman–Crippen LogP) is 12.7. The van der Waals surface area contributed by atoms with Crippen molar-refractivity contribution in [3.8, 4) is 22.5 Å². The van der Waals surface area contributed by atoms with E-state index in [1.165, 1.54) is 98.5 Å². The van der Waals surface area contributed by atoms with Crippen molar-refractivity contribution in [3.05, 3.63) is 176 Å². The second-order valence-corrected chi connectivity index (χ2v) is 13.7. The highest BCUT2D eigenvalue weighted by Crippen LogP contribution is 2.45. The number of benzene rings is 8. The molecular formula is C48H29N3. The third kappa shape index (κ3) is 3.52. The third-order valence-electron chi connectivity index (χ3n) is 11.2. The minimum atomic E-state index is 1.16. The van der Waals surface area contributed by atoms with Crippen molar-refractivity contribution in [2.24, 2.45) is 0 Å². The molecule has 8 aromatic carbocycles. The third-order valence-corrected chi connectivity index (χ3v) is 11.2. The van der Waals surface area contributed by atoms with Gasteiger partial charge in [0.1, 0.15) is 0 Å². The Morgan fingerprint density at radius 2 is 0.843 bits per heavy atom. The van der Waals surface area contributed by atoms with Crippen LogP contribution in [0.3, 0.4) is 0 Å². The molecule has 3 heteroatoms. The summed E-state index contributed by atoms with van der Waals surface area (Å²) in [5.41, 5.74) is 13.4. The first-order valence-corrected chi connectivity index (χ1v) is 17.6. The normalized spacial score (nSPS) is 12.3. The molecule has 0 unspecified atom stereocenters.